The Morgan fingerprint density at radius 3 is 2.37 bits per heavy atom. The van der Waals surface area contributed by atoms with Gasteiger partial charge in [-0.05, 0) is 18.9 Å². The predicted octanol–water partition coefficient (Wildman–Crippen LogP) is 5.23. The van der Waals surface area contributed by atoms with Crippen molar-refractivity contribution in [3.8, 4) is 22.3 Å². The first-order valence-corrected chi connectivity index (χ1v) is 10.7. The summed E-state index contributed by atoms with van der Waals surface area (Å²) in [5, 5.41) is 26.3. The average Bonchev–Trinajstić information content (AvgIpc) is 3.15. The van der Waals surface area contributed by atoms with E-state index in [1.807, 2.05) is 6.07 Å². The number of aliphatic hydroxyl groups is 1. The minimum atomic E-state index is -6.30. The van der Waals surface area contributed by atoms with Crippen LogP contribution in [0.15, 0.2) is 24.7 Å². The first kappa shape index (κ1) is 25.1. The highest BCUT2D eigenvalue weighted by atomic mass is 32.1. The highest BCUT2D eigenvalue weighted by Crippen LogP contribution is 2.51. The van der Waals surface area contributed by atoms with E-state index in [-0.39, 0.29) is 28.2 Å². The molecule has 4 rings (SSSR count). The zero-order valence-corrected chi connectivity index (χ0v) is 18.4. The third-order valence-corrected chi connectivity index (χ3v) is 6.44. The summed E-state index contributed by atoms with van der Waals surface area (Å²) in [6, 6.07) is 3.42. The molecule has 35 heavy (non-hydrogen) atoms. The van der Waals surface area contributed by atoms with E-state index in [0.717, 1.165) is 43.6 Å². The lowest BCUT2D eigenvalue weighted by atomic mass is 10.1. The van der Waals surface area contributed by atoms with Gasteiger partial charge in [0, 0.05) is 41.5 Å². The molecule has 1 unspecified atom stereocenters. The zero-order valence-electron chi connectivity index (χ0n) is 17.5. The fourth-order valence-corrected chi connectivity index (χ4v) is 4.49. The molecule has 0 bridgehead atoms. The van der Waals surface area contributed by atoms with Crippen LogP contribution in [-0.2, 0) is 19.1 Å². The van der Waals surface area contributed by atoms with Crippen molar-refractivity contribution in [3.63, 3.8) is 0 Å². The van der Waals surface area contributed by atoms with E-state index in [1.54, 1.807) is 0 Å². The largest absolute Gasteiger partial charge is 0.458 e. The summed E-state index contributed by atoms with van der Waals surface area (Å²) < 4.78 is 109. The van der Waals surface area contributed by atoms with Gasteiger partial charge in [0.2, 0.25) is 0 Å². The minimum absolute atomic E-state index is 0.0940. The Morgan fingerprint density at radius 1 is 1.17 bits per heavy atom. The number of nitrogens with one attached hydrogen (secondary N) is 1. The topological polar surface area (TPSA) is 78.8 Å². The Bertz CT molecular complexity index is 1290. The molecule has 0 spiro atoms. The summed E-state index contributed by atoms with van der Waals surface area (Å²) in [5.74, 6) is -6.96. The number of rotatable bonds is 6. The maximum absolute atomic E-state index is 14.3. The van der Waals surface area contributed by atoms with Crippen LogP contribution in [0.4, 0.5) is 35.1 Å². The quantitative estimate of drug-likeness (QED) is 0.342. The maximum Gasteiger partial charge on any atom is 0.458 e. The molecule has 0 radical (unpaired) electrons. The molecule has 3 aromatic rings. The van der Waals surface area contributed by atoms with E-state index >= 15 is 0 Å². The molecule has 1 aliphatic carbocycles. The molecule has 0 amide bonds. The number of thiophene rings is 1. The molecule has 0 aliphatic heterocycles. The van der Waals surface area contributed by atoms with Crippen LogP contribution >= 0.6 is 11.3 Å². The van der Waals surface area contributed by atoms with Gasteiger partial charge in [0.1, 0.15) is 23.0 Å². The van der Waals surface area contributed by atoms with Gasteiger partial charge in [-0.3, -0.25) is 5.32 Å². The number of aryl methyl sites for hydroxylation is 1. The van der Waals surface area contributed by atoms with Crippen molar-refractivity contribution in [1.82, 2.24) is 19.7 Å². The van der Waals surface area contributed by atoms with E-state index in [1.165, 1.54) is 6.07 Å². The van der Waals surface area contributed by atoms with Crippen LogP contribution in [0.5, 0.6) is 0 Å². The van der Waals surface area contributed by atoms with Crippen molar-refractivity contribution in [2.75, 3.05) is 0 Å². The Hall–Kier alpha value is -2.96. The predicted molar refractivity (Wildman–Crippen MR) is 107 cm³/mol. The average molecular weight is 525 g/mol. The third-order valence-electron chi connectivity index (χ3n) is 5.34. The van der Waals surface area contributed by atoms with Crippen LogP contribution in [0.25, 0.3) is 16.3 Å². The van der Waals surface area contributed by atoms with Gasteiger partial charge < -0.3 is 9.67 Å². The highest BCUT2D eigenvalue weighted by molar-refractivity contribution is 7.16. The molecule has 0 aromatic carbocycles. The normalized spacial score (nSPS) is 15.9. The standard InChI is InChI=1S/C20H15F8N5OS/c1-32-8-12(19(23,24)25)15(18(21,22)20(26,27)28)17(32)33-7-9(6-30-33)13-4-11(14(5-29)35-13)16(34)31-10-2-3-10/h4,6-8,10,16,31,34H,2-3H2,1H3. The number of aliphatic hydroxyl groups excluding tert-OH is 1. The molecule has 1 fully saturated rings. The van der Waals surface area contributed by atoms with Crippen LogP contribution < -0.4 is 5.32 Å². The van der Waals surface area contributed by atoms with Crippen molar-refractivity contribution >= 4 is 11.3 Å². The molecule has 1 saturated carbocycles. The number of hydrogen-bond donors (Lipinski definition) is 2. The number of halogens is 8. The van der Waals surface area contributed by atoms with Crippen molar-refractivity contribution in [2.45, 2.75) is 43.4 Å². The number of nitriles is 1. The molecule has 6 nitrogen and oxygen atoms in total. The van der Waals surface area contributed by atoms with E-state index in [2.05, 4.69) is 10.4 Å². The Balaban J connectivity index is 1.80. The summed E-state index contributed by atoms with van der Waals surface area (Å²) >= 11 is 0.895. The lowest BCUT2D eigenvalue weighted by molar-refractivity contribution is -0.290. The van der Waals surface area contributed by atoms with Crippen molar-refractivity contribution in [2.24, 2.45) is 7.05 Å². The first-order valence-electron chi connectivity index (χ1n) is 9.90. The second kappa shape index (κ2) is 8.32. The number of alkyl halides is 8. The number of nitrogens with zero attached hydrogens (tertiary/aromatic N) is 4. The van der Waals surface area contributed by atoms with Crippen LogP contribution in [0, 0.1) is 11.3 Å². The van der Waals surface area contributed by atoms with E-state index in [0.29, 0.717) is 14.1 Å². The first-order chi connectivity index (χ1) is 16.1. The summed E-state index contributed by atoms with van der Waals surface area (Å²) in [7, 11) is 0.888. The Labute approximate surface area is 196 Å². The van der Waals surface area contributed by atoms with Gasteiger partial charge in [0.05, 0.1) is 17.3 Å². The summed E-state index contributed by atoms with van der Waals surface area (Å²) in [5.41, 5.74) is -4.06. The van der Waals surface area contributed by atoms with Gasteiger partial charge >= 0.3 is 18.3 Å². The molecule has 1 aliphatic rings. The molecule has 188 valence electrons. The lowest BCUT2D eigenvalue weighted by Gasteiger charge is -2.22. The third kappa shape index (κ3) is 4.53. The highest BCUT2D eigenvalue weighted by Gasteiger charge is 2.63. The minimum Gasteiger partial charge on any atom is -0.374 e. The van der Waals surface area contributed by atoms with Gasteiger partial charge in [-0.15, -0.1) is 11.3 Å². The summed E-state index contributed by atoms with van der Waals surface area (Å²) in [6.07, 6.45) is -9.09. The molecular weight excluding hydrogens is 510 g/mol. The van der Waals surface area contributed by atoms with Gasteiger partial charge in [-0.25, -0.2) is 4.68 Å². The van der Waals surface area contributed by atoms with Crippen molar-refractivity contribution in [3.05, 3.63) is 46.2 Å². The zero-order chi connectivity index (χ0) is 25.9. The molecule has 3 heterocycles. The number of hydrogen-bond acceptors (Lipinski definition) is 5. The van der Waals surface area contributed by atoms with Gasteiger partial charge in [0.25, 0.3) is 0 Å². The van der Waals surface area contributed by atoms with Crippen LogP contribution in [0.2, 0.25) is 0 Å². The lowest BCUT2D eigenvalue weighted by Crippen LogP contribution is -2.36. The van der Waals surface area contributed by atoms with Crippen LogP contribution in [0.1, 0.15) is 40.6 Å². The second-order valence-corrected chi connectivity index (χ2v) is 9.00. The smallest absolute Gasteiger partial charge is 0.374 e. The fourth-order valence-electron chi connectivity index (χ4n) is 3.53. The van der Waals surface area contributed by atoms with Gasteiger partial charge in [-0.2, -0.15) is 45.5 Å². The number of aromatic nitrogens is 3. The molecule has 0 saturated heterocycles. The van der Waals surface area contributed by atoms with E-state index in [9.17, 15) is 45.5 Å². The second-order valence-electron chi connectivity index (χ2n) is 7.95. The summed E-state index contributed by atoms with van der Waals surface area (Å²) in [6.45, 7) is 0. The Morgan fingerprint density at radius 2 is 1.83 bits per heavy atom. The SMILES string of the molecule is Cn1cc(C(F)(F)F)c(C(F)(F)C(F)(F)F)c1-n1cc(-c2cc(C(O)NC3CC3)c(C#N)s2)cn1. The van der Waals surface area contributed by atoms with Crippen LogP contribution in [0.3, 0.4) is 0 Å². The molecule has 3 aromatic heterocycles. The molecule has 2 N–H and O–H groups in total. The van der Waals surface area contributed by atoms with Crippen molar-refractivity contribution < 1.29 is 40.2 Å². The fraction of sp³-hybridized carbons (Fsp3) is 0.400. The molecule has 15 heteroatoms. The summed E-state index contributed by atoms with van der Waals surface area (Å²) in [4.78, 5) is 0.421. The van der Waals surface area contributed by atoms with Crippen molar-refractivity contribution in [1.29, 1.82) is 5.26 Å². The van der Waals surface area contributed by atoms with E-state index < -0.39 is 41.4 Å². The Kier molecular flexibility index (Phi) is 5.97. The monoisotopic (exact) mass is 525 g/mol. The van der Waals surface area contributed by atoms with Gasteiger partial charge in [0.15, 0.2) is 0 Å². The van der Waals surface area contributed by atoms with Crippen LogP contribution in [-0.4, -0.2) is 31.7 Å². The maximum atomic E-state index is 14.3. The molecule has 1 atom stereocenters. The van der Waals surface area contributed by atoms with Gasteiger partial charge in [-0.1, -0.05) is 0 Å². The molecular formula is C20H15F8N5OS. The van der Waals surface area contributed by atoms with E-state index in [4.69, 9.17) is 0 Å².